The van der Waals surface area contributed by atoms with Gasteiger partial charge in [-0.05, 0) is 20.8 Å². The molecule has 0 saturated heterocycles. The van der Waals surface area contributed by atoms with Crippen LogP contribution < -0.4 is 0 Å². The summed E-state index contributed by atoms with van der Waals surface area (Å²) in [6.45, 7) is 15.7. The molecule has 0 spiro atoms. The van der Waals surface area contributed by atoms with E-state index < -0.39 is 14.5 Å². The Labute approximate surface area is 123 Å². The van der Waals surface area contributed by atoms with Crippen LogP contribution >= 0.6 is 0 Å². The molecule has 3 heteroatoms. The first-order valence-electron chi connectivity index (χ1n) is 5.88. The molecule has 1 radical (unpaired) electrons. The van der Waals surface area contributed by atoms with Crippen LogP contribution in [-0.2, 0) is 3.79 Å². The first-order chi connectivity index (χ1) is 6.20. The Morgan fingerprint density at radius 2 is 1.27 bits per heavy atom. The van der Waals surface area contributed by atoms with E-state index in [-0.39, 0.29) is 35.2 Å². The first-order valence-corrected chi connectivity index (χ1v) is 7.99. The van der Waals surface area contributed by atoms with Crippen molar-refractivity contribution in [2.75, 3.05) is 0 Å². The summed E-state index contributed by atoms with van der Waals surface area (Å²) in [5.41, 5.74) is 0.0562. The van der Waals surface area contributed by atoms with Gasteiger partial charge in [0.25, 0.3) is 0 Å². The molecule has 0 amide bonds. The zero-order valence-corrected chi connectivity index (χ0v) is 15.2. The topological polar surface area (TPSA) is 9.23 Å². The van der Waals surface area contributed by atoms with Crippen LogP contribution in [0.4, 0.5) is 0 Å². The fourth-order valence-electron chi connectivity index (χ4n) is 1.74. The van der Waals surface area contributed by atoms with Gasteiger partial charge in [0.1, 0.15) is 0 Å². The predicted octanol–water partition coefficient (Wildman–Crippen LogP) is 3.72. The minimum absolute atomic E-state index is 0. The van der Waals surface area contributed by atoms with Crippen LogP contribution in [0.15, 0.2) is 0 Å². The van der Waals surface area contributed by atoms with Crippen LogP contribution in [0.5, 0.6) is 0 Å². The normalized spacial score (nSPS) is 11.8. The van der Waals surface area contributed by atoms with Crippen molar-refractivity contribution in [3.8, 4) is 0 Å². The molecule has 15 heavy (non-hydrogen) atoms. The molecular weight excluding hydrogens is 210 g/mol. The van der Waals surface area contributed by atoms with E-state index in [1.54, 1.807) is 0 Å². The number of hydrogen-bond donors (Lipinski definition) is 0. The van der Waals surface area contributed by atoms with Crippen LogP contribution in [0.3, 0.4) is 0 Å². The Balaban J connectivity index is 0. The van der Waals surface area contributed by atoms with E-state index in [9.17, 15) is 0 Å². The quantitative estimate of drug-likeness (QED) is 0.662. The maximum absolute atomic E-state index is 6.20. The van der Waals surface area contributed by atoms with Crippen molar-refractivity contribution in [2.45, 2.75) is 64.6 Å². The van der Waals surface area contributed by atoms with Gasteiger partial charge < -0.3 is 3.79 Å². The van der Waals surface area contributed by atoms with Crippen LogP contribution in [0.1, 0.15) is 48.5 Å². The van der Waals surface area contributed by atoms with Gasteiger partial charge in [-0.25, -0.2) is 0 Å². The molecule has 0 rings (SSSR count). The Morgan fingerprint density at radius 1 is 0.933 bits per heavy atom. The monoisotopic (exact) mass is 237 g/mol. The van der Waals surface area contributed by atoms with Crippen molar-refractivity contribution in [3.63, 3.8) is 0 Å². The van der Waals surface area contributed by atoms with Gasteiger partial charge in [-0.3, -0.25) is 0 Å². The molecule has 0 aliphatic carbocycles. The average molecular weight is 237 g/mol. The van der Waals surface area contributed by atoms with E-state index in [1.807, 2.05) is 0 Å². The molecule has 0 heterocycles. The average Bonchev–Trinajstić information content (AvgIpc) is 1.77. The molecular formula is C12H27AlNaO. The molecule has 0 bridgehead atoms. The molecule has 0 aromatic heterocycles. The zero-order valence-electron chi connectivity index (χ0n) is 12.1. The van der Waals surface area contributed by atoms with E-state index >= 15 is 0 Å². The molecule has 0 aromatic carbocycles. The van der Waals surface area contributed by atoms with Crippen molar-refractivity contribution in [1.82, 2.24) is 0 Å². The summed E-state index contributed by atoms with van der Waals surface area (Å²) in [6.07, 6.45) is 0. The second-order valence-electron chi connectivity index (χ2n) is 6.11. The molecule has 0 aliphatic heterocycles. The van der Waals surface area contributed by atoms with Crippen molar-refractivity contribution < 1.29 is 3.79 Å². The molecule has 0 atom stereocenters. The summed E-state index contributed by atoms with van der Waals surface area (Å²) in [5.74, 6) is 1.57. The summed E-state index contributed by atoms with van der Waals surface area (Å²) in [7, 11) is 0. The third-order valence-electron chi connectivity index (χ3n) is 1.99. The maximum atomic E-state index is 6.20. The van der Waals surface area contributed by atoms with E-state index in [1.165, 1.54) is 10.6 Å². The molecule has 0 fully saturated rings. The van der Waals surface area contributed by atoms with Crippen LogP contribution in [0, 0.1) is 11.8 Å². The van der Waals surface area contributed by atoms with Gasteiger partial charge >= 0.3 is 14.5 Å². The SMILES string of the molecule is CC(C)[CH2][Al]([CH2]C(C)C)[O]C(C)(C)C.[Na]. The molecule has 85 valence electrons. The summed E-state index contributed by atoms with van der Waals surface area (Å²) in [4.78, 5) is 0. The smallest absolute Gasteiger partial charge is 0.461 e. The fourth-order valence-corrected chi connectivity index (χ4v) is 5.23. The largest absolute Gasteiger partial charge is 0.496 e. The fraction of sp³-hybridized carbons (Fsp3) is 1.00. The summed E-state index contributed by atoms with van der Waals surface area (Å²) in [6, 6.07) is 0. The first kappa shape index (κ1) is 18.8. The van der Waals surface area contributed by atoms with Crippen LogP contribution in [0.25, 0.3) is 0 Å². The van der Waals surface area contributed by atoms with E-state index in [0.29, 0.717) is 0 Å². The Bertz CT molecular complexity index is 142. The second-order valence-corrected chi connectivity index (χ2v) is 8.53. The Kier molecular flexibility index (Phi) is 10.8. The van der Waals surface area contributed by atoms with Crippen molar-refractivity contribution in [1.29, 1.82) is 0 Å². The van der Waals surface area contributed by atoms with Gasteiger partial charge in [0.05, 0.1) is 0 Å². The van der Waals surface area contributed by atoms with Crippen molar-refractivity contribution >= 4 is 44.0 Å². The minimum Gasteiger partial charge on any atom is -0.496 e. The van der Waals surface area contributed by atoms with Crippen LogP contribution in [0.2, 0.25) is 10.6 Å². The second kappa shape index (κ2) is 8.56. The minimum atomic E-state index is -0.975. The zero-order chi connectivity index (χ0) is 11.4. The maximum Gasteiger partial charge on any atom is 0.461 e. The summed E-state index contributed by atoms with van der Waals surface area (Å²) < 4.78 is 6.20. The third kappa shape index (κ3) is 13.4. The van der Waals surface area contributed by atoms with Gasteiger partial charge in [-0.2, -0.15) is 0 Å². The summed E-state index contributed by atoms with van der Waals surface area (Å²) >= 11 is -0.975. The Morgan fingerprint density at radius 3 is 1.47 bits per heavy atom. The van der Waals surface area contributed by atoms with Gasteiger partial charge in [0.15, 0.2) is 0 Å². The van der Waals surface area contributed by atoms with Gasteiger partial charge in [0.2, 0.25) is 0 Å². The van der Waals surface area contributed by atoms with E-state index in [2.05, 4.69) is 48.5 Å². The van der Waals surface area contributed by atoms with Gasteiger partial charge in [-0.1, -0.05) is 50.1 Å². The summed E-state index contributed by atoms with van der Waals surface area (Å²) in [5, 5.41) is 2.63. The molecule has 1 nitrogen and oxygen atoms in total. The molecule has 0 aromatic rings. The number of hydrogen-bond acceptors (Lipinski definition) is 1. The van der Waals surface area contributed by atoms with Gasteiger partial charge in [-0.15, -0.1) is 0 Å². The third-order valence-corrected chi connectivity index (χ3v) is 5.97. The van der Waals surface area contributed by atoms with Crippen LogP contribution in [-0.4, -0.2) is 49.6 Å². The Hall–Kier alpha value is 1.49. The van der Waals surface area contributed by atoms with E-state index in [4.69, 9.17) is 3.79 Å². The van der Waals surface area contributed by atoms with Crippen molar-refractivity contribution in [3.05, 3.63) is 0 Å². The van der Waals surface area contributed by atoms with Gasteiger partial charge in [0, 0.05) is 35.2 Å². The standard InChI is InChI=1S/C4H9O.2C4H9.Al.Na/c1-4(2,3)5;2*1-4(2)3;;/h1-3H3;2*4H,1H2,2-3H3;;/q-1;;;+1;. The molecule has 0 N–H and O–H groups in total. The predicted molar refractivity (Wildman–Crippen MR) is 71.6 cm³/mol. The number of rotatable bonds is 5. The van der Waals surface area contributed by atoms with Crippen molar-refractivity contribution in [2.24, 2.45) is 11.8 Å². The molecule has 0 saturated carbocycles. The molecule has 0 aliphatic rings. The molecule has 0 unspecified atom stereocenters. The van der Waals surface area contributed by atoms with E-state index in [0.717, 1.165) is 11.8 Å².